The molecule has 1 saturated heterocycles. The molecule has 0 saturated carbocycles. The van der Waals surface area contributed by atoms with Gasteiger partial charge in [-0.05, 0) is 37.5 Å². The third kappa shape index (κ3) is 7.45. The van der Waals surface area contributed by atoms with Crippen LogP contribution in [0.2, 0.25) is 0 Å². The highest BCUT2D eigenvalue weighted by Gasteiger charge is 2.21. The Kier molecular flexibility index (Phi) is 8.57. The highest BCUT2D eigenvalue weighted by Crippen LogP contribution is 2.15. The third-order valence-corrected chi connectivity index (χ3v) is 5.38. The van der Waals surface area contributed by atoms with Crippen molar-refractivity contribution in [3.63, 3.8) is 0 Å². The first-order valence-electron chi connectivity index (χ1n) is 11.1. The molecular weight excluding hydrogens is 422 g/mol. The Morgan fingerprint density at radius 2 is 1.76 bits per heavy atom. The van der Waals surface area contributed by atoms with Gasteiger partial charge in [0.05, 0.1) is 11.3 Å². The van der Waals surface area contributed by atoms with Crippen molar-refractivity contribution in [2.45, 2.75) is 39.2 Å². The van der Waals surface area contributed by atoms with E-state index in [0.717, 1.165) is 30.4 Å². The van der Waals surface area contributed by atoms with Crippen LogP contribution >= 0.6 is 0 Å². The molecular formula is C25H29N3O5. The van der Waals surface area contributed by atoms with Crippen molar-refractivity contribution in [1.29, 1.82) is 0 Å². The SMILES string of the molecule is Cc1ccc(CNC(=O)c2ccccc2NC(=O)COC(=O)CN2CCCCCC2=O)cc1. The fraction of sp³-hybridized carbons (Fsp3) is 0.360. The molecule has 2 aromatic carbocycles. The molecule has 0 aliphatic carbocycles. The van der Waals surface area contributed by atoms with Crippen LogP contribution in [-0.4, -0.2) is 48.3 Å². The smallest absolute Gasteiger partial charge is 0.326 e. The predicted molar refractivity (Wildman–Crippen MR) is 123 cm³/mol. The monoisotopic (exact) mass is 451 g/mol. The molecule has 8 heteroatoms. The molecule has 174 valence electrons. The van der Waals surface area contributed by atoms with E-state index in [1.165, 1.54) is 4.90 Å². The number of likely N-dealkylation sites (tertiary alicyclic amines) is 1. The van der Waals surface area contributed by atoms with Gasteiger partial charge in [0.1, 0.15) is 6.54 Å². The Bertz CT molecular complexity index is 1000. The van der Waals surface area contributed by atoms with Crippen molar-refractivity contribution in [3.8, 4) is 0 Å². The van der Waals surface area contributed by atoms with Gasteiger partial charge < -0.3 is 20.3 Å². The Labute approximate surface area is 193 Å². The Balaban J connectivity index is 1.50. The maximum atomic E-state index is 12.6. The zero-order chi connectivity index (χ0) is 23.6. The maximum absolute atomic E-state index is 12.6. The number of hydrogen-bond donors (Lipinski definition) is 2. The Morgan fingerprint density at radius 3 is 2.55 bits per heavy atom. The molecule has 1 aliphatic heterocycles. The molecule has 8 nitrogen and oxygen atoms in total. The lowest BCUT2D eigenvalue weighted by molar-refractivity contribution is -0.151. The van der Waals surface area contributed by atoms with Gasteiger partial charge in [-0.3, -0.25) is 19.2 Å². The number of benzene rings is 2. The van der Waals surface area contributed by atoms with E-state index in [0.29, 0.717) is 30.8 Å². The number of anilines is 1. The van der Waals surface area contributed by atoms with Gasteiger partial charge in [0.25, 0.3) is 11.8 Å². The quantitative estimate of drug-likeness (QED) is 0.601. The topological polar surface area (TPSA) is 105 Å². The van der Waals surface area contributed by atoms with Gasteiger partial charge in [-0.25, -0.2) is 0 Å². The highest BCUT2D eigenvalue weighted by molar-refractivity contribution is 6.04. The summed E-state index contributed by atoms with van der Waals surface area (Å²) in [6.07, 6.45) is 3.06. The molecule has 2 N–H and O–H groups in total. The van der Waals surface area contributed by atoms with Crippen molar-refractivity contribution in [3.05, 3.63) is 65.2 Å². The number of esters is 1. The standard InChI is InChI=1S/C25H29N3O5/c1-18-10-12-19(13-11-18)15-26-25(32)20-7-4-5-8-21(20)27-22(29)17-33-24(31)16-28-14-6-2-3-9-23(28)30/h4-5,7-8,10-13H,2-3,6,9,14-17H2,1H3,(H,26,32)(H,27,29). The van der Waals surface area contributed by atoms with Crippen molar-refractivity contribution in [1.82, 2.24) is 10.2 Å². The van der Waals surface area contributed by atoms with Crippen molar-refractivity contribution < 1.29 is 23.9 Å². The van der Waals surface area contributed by atoms with Gasteiger partial charge in [0, 0.05) is 19.5 Å². The predicted octanol–water partition coefficient (Wildman–Crippen LogP) is 2.81. The van der Waals surface area contributed by atoms with Crippen LogP contribution in [0.3, 0.4) is 0 Å². The maximum Gasteiger partial charge on any atom is 0.326 e. The highest BCUT2D eigenvalue weighted by atomic mass is 16.5. The lowest BCUT2D eigenvalue weighted by Crippen LogP contribution is -2.36. The molecule has 3 rings (SSSR count). The minimum absolute atomic E-state index is 0.0699. The Hall–Kier alpha value is -3.68. The van der Waals surface area contributed by atoms with Gasteiger partial charge in [0.15, 0.2) is 6.61 Å². The van der Waals surface area contributed by atoms with Crippen LogP contribution < -0.4 is 10.6 Å². The minimum Gasteiger partial charge on any atom is -0.454 e. The molecule has 1 heterocycles. The number of aryl methyl sites for hydroxylation is 1. The first-order valence-corrected chi connectivity index (χ1v) is 11.1. The summed E-state index contributed by atoms with van der Waals surface area (Å²) in [6.45, 7) is 2.21. The van der Waals surface area contributed by atoms with Gasteiger partial charge in [0.2, 0.25) is 5.91 Å². The van der Waals surface area contributed by atoms with E-state index in [9.17, 15) is 19.2 Å². The summed E-state index contributed by atoms with van der Waals surface area (Å²) in [5, 5.41) is 5.46. The lowest BCUT2D eigenvalue weighted by Gasteiger charge is -2.19. The molecule has 1 fully saturated rings. The summed E-state index contributed by atoms with van der Waals surface area (Å²) in [6, 6.07) is 14.4. The number of carbonyl (C=O) groups excluding carboxylic acids is 4. The van der Waals surface area contributed by atoms with Crippen LogP contribution in [0.4, 0.5) is 5.69 Å². The van der Waals surface area contributed by atoms with E-state index < -0.39 is 18.5 Å². The second kappa shape index (κ2) is 11.8. The van der Waals surface area contributed by atoms with Crippen LogP contribution in [0.1, 0.15) is 47.2 Å². The normalized spacial score (nSPS) is 13.7. The minimum atomic E-state index is -0.635. The number of rotatable bonds is 8. The second-order valence-electron chi connectivity index (χ2n) is 8.05. The van der Waals surface area contributed by atoms with Crippen LogP contribution in [0.25, 0.3) is 0 Å². The lowest BCUT2D eigenvalue weighted by atomic mass is 10.1. The molecule has 1 aliphatic rings. The number of hydrogen-bond acceptors (Lipinski definition) is 5. The molecule has 3 amide bonds. The number of carbonyl (C=O) groups is 4. The molecule has 0 atom stereocenters. The van der Waals surface area contributed by atoms with E-state index >= 15 is 0 Å². The average molecular weight is 452 g/mol. The van der Waals surface area contributed by atoms with Crippen LogP contribution in [0.15, 0.2) is 48.5 Å². The summed E-state index contributed by atoms with van der Waals surface area (Å²) in [5.74, 6) is -1.60. The molecule has 0 spiro atoms. The van der Waals surface area contributed by atoms with E-state index in [1.807, 2.05) is 31.2 Å². The van der Waals surface area contributed by atoms with Crippen LogP contribution in [-0.2, 0) is 25.7 Å². The summed E-state index contributed by atoms with van der Waals surface area (Å²) >= 11 is 0. The van der Waals surface area contributed by atoms with E-state index in [-0.39, 0.29) is 18.4 Å². The zero-order valence-corrected chi connectivity index (χ0v) is 18.8. The fourth-order valence-electron chi connectivity index (χ4n) is 3.51. The molecule has 0 aromatic heterocycles. The van der Waals surface area contributed by atoms with Crippen LogP contribution in [0.5, 0.6) is 0 Å². The van der Waals surface area contributed by atoms with E-state index in [1.54, 1.807) is 24.3 Å². The summed E-state index contributed by atoms with van der Waals surface area (Å²) in [7, 11) is 0. The second-order valence-corrected chi connectivity index (χ2v) is 8.05. The zero-order valence-electron chi connectivity index (χ0n) is 18.8. The summed E-state index contributed by atoms with van der Waals surface area (Å²) in [4.78, 5) is 50.5. The van der Waals surface area contributed by atoms with E-state index in [4.69, 9.17) is 4.74 Å². The van der Waals surface area contributed by atoms with E-state index in [2.05, 4.69) is 10.6 Å². The van der Waals surface area contributed by atoms with Crippen LogP contribution in [0, 0.1) is 6.92 Å². The van der Waals surface area contributed by atoms with Gasteiger partial charge in [-0.2, -0.15) is 0 Å². The van der Waals surface area contributed by atoms with Gasteiger partial charge in [-0.1, -0.05) is 48.4 Å². The fourth-order valence-corrected chi connectivity index (χ4v) is 3.51. The molecule has 0 unspecified atom stereocenters. The largest absolute Gasteiger partial charge is 0.454 e. The Morgan fingerprint density at radius 1 is 1.00 bits per heavy atom. The number of amides is 3. The molecule has 2 aromatic rings. The average Bonchev–Trinajstić information content (AvgIpc) is 3.01. The number of para-hydroxylation sites is 1. The third-order valence-electron chi connectivity index (χ3n) is 5.38. The first kappa shape index (κ1) is 24.0. The molecule has 0 bridgehead atoms. The first-order chi connectivity index (χ1) is 15.9. The van der Waals surface area contributed by atoms with Crippen molar-refractivity contribution in [2.75, 3.05) is 25.0 Å². The summed E-state index contributed by atoms with van der Waals surface area (Å²) < 4.78 is 5.04. The number of nitrogens with one attached hydrogen (secondary N) is 2. The van der Waals surface area contributed by atoms with Gasteiger partial charge >= 0.3 is 5.97 Å². The number of nitrogens with zero attached hydrogens (tertiary/aromatic N) is 1. The number of ether oxygens (including phenoxy) is 1. The van der Waals surface area contributed by atoms with Gasteiger partial charge in [-0.15, -0.1) is 0 Å². The molecule has 0 radical (unpaired) electrons. The molecule has 33 heavy (non-hydrogen) atoms. The summed E-state index contributed by atoms with van der Waals surface area (Å²) in [5.41, 5.74) is 2.73. The van der Waals surface area contributed by atoms with Crippen molar-refractivity contribution >= 4 is 29.4 Å². The van der Waals surface area contributed by atoms with Crippen molar-refractivity contribution in [2.24, 2.45) is 0 Å².